The molecule has 0 bridgehead atoms. The van der Waals surface area contributed by atoms with Crippen LogP contribution in [0.2, 0.25) is 10.0 Å². The van der Waals surface area contributed by atoms with Crippen LogP contribution in [0.15, 0.2) is 34.0 Å². The maximum absolute atomic E-state index is 12.7. The van der Waals surface area contributed by atoms with Gasteiger partial charge in [-0.2, -0.15) is 9.97 Å². The van der Waals surface area contributed by atoms with Crippen molar-refractivity contribution in [3.8, 4) is 11.3 Å². The Morgan fingerprint density at radius 2 is 2.00 bits per heavy atom. The molecule has 0 aliphatic carbocycles. The lowest BCUT2D eigenvalue weighted by atomic mass is 10.2. The minimum absolute atomic E-state index is 0.0586. The highest BCUT2D eigenvalue weighted by atomic mass is 35.5. The molecular formula is C14H9Cl2F2N5OS. The SMILES string of the molecule is Nc1nc(SCc2ncc(-c3cc(Cl)ccc3Cl)o2)nc(C(F)F)n1. The largest absolute Gasteiger partial charge is 0.440 e. The normalized spacial score (nSPS) is 11.2. The average Bonchev–Trinajstić information content (AvgIpc) is 3.03. The second-order valence-electron chi connectivity index (χ2n) is 4.67. The van der Waals surface area contributed by atoms with E-state index >= 15 is 0 Å². The van der Waals surface area contributed by atoms with Gasteiger partial charge in [0, 0.05) is 10.6 Å². The molecule has 0 fully saturated rings. The first-order valence-electron chi connectivity index (χ1n) is 6.75. The third-order valence-corrected chi connectivity index (χ3v) is 4.31. The van der Waals surface area contributed by atoms with E-state index in [1.165, 1.54) is 6.20 Å². The lowest BCUT2D eigenvalue weighted by Gasteiger charge is -2.03. The molecule has 0 amide bonds. The molecule has 2 N–H and O–H groups in total. The van der Waals surface area contributed by atoms with Crippen LogP contribution in [0.3, 0.4) is 0 Å². The number of nitrogens with two attached hydrogens (primary N) is 1. The van der Waals surface area contributed by atoms with Gasteiger partial charge in [-0.25, -0.2) is 18.7 Å². The Morgan fingerprint density at radius 1 is 1.20 bits per heavy atom. The maximum Gasteiger partial charge on any atom is 0.297 e. The van der Waals surface area contributed by atoms with Crippen LogP contribution in [0.25, 0.3) is 11.3 Å². The van der Waals surface area contributed by atoms with Crippen LogP contribution in [-0.2, 0) is 5.75 Å². The molecule has 0 saturated carbocycles. The molecule has 2 heterocycles. The topological polar surface area (TPSA) is 90.7 Å². The van der Waals surface area contributed by atoms with Gasteiger partial charge in [0.05, 0.1) is 17.0 Å². The number of nitrogens with zero attached hydrogens (tertiary/aromatic N) is 4. The number of anilines is 1. The highest BCUT2D eigenvalue weighted by Gasteiger charge is 2.16. The molecule has 3 aromatic rings. The molecular weight excluding hydrogens is 395 g/mol. The van der Waals surface area contributed by atoms with Gasteiger partial charge < -0.3 is 10.2 Å². The van der Waals surface area contributed by atoms with E-state index in [0.717, 1.165) is 11.8 Å². The van der Waals surface area contributed by atoms with Crippen molar-refractivity contribution in [2.45, 2.75) is 17.3 Å². The summed E-state index contributed by atoms with van der Waals surface area (Å²) in [5.41, 5.74) is 6.00. The number of oxazole rings is 1. The standard InChI is InChI=1S/C14H9Cl2F2N5OS/c15-6-1-2-8(16)7(3-6)9-4-20-10(24-9)5-25-14-22-12(11(17)18)21-13(19)23-14/h1-4,11H,5H2,(H2,19,21,22,23). The first-order valence-corrected chi connectivity index (χ1v) is 8.49. The summed E-state index contributed by atoms with van der Waals surface area (Å²) in [5, 5.41) is 1.03. The predicted molar refractivity (Wildman–Crippen MR) is 90.7 cm³/mol. The summed E-state index contributed by atoms with van der Waals surface area (Å²) in [6.45, 7) is 0. The Bertz CT molecular complexity index is 909. The van der Waals surface area contributed by atoms with Gasteiger partial charge >= 0.3 is 0 Å². The van der Waals surface area contributed by atoms with E-state index in [2.05, 4.69) is 19.9 Å². The van der Waals surface area contributed by atoms with E-state index in [0.29, 0.717) is 27.3 Å². The molecule has 0 saturated heterocycles. The maximum atomic E-state index is 12.7. The molecule has 0 aliphatic rings. The summed E-state index contributed by atoms with van der Waals surface area (Å²) in [7, 11) is 0. The Labute approximate surface area is 154 Å². The highest BCUT2D eigenvalue weighted by Crippen LogP contribution is 2.32. The lowest BCUT2D eigenvalue weighted by Crippen LogP contribution is -2.04. The van der Waals surface area contributed by atoms with Gasteiger partial charge in [0.2, 0.25) is 17.7 Å². The molecule has 2 aromatic heterocycles. The number of aromatic nitrogens is 4. The number of thioether (sulfide) groups is 1. The molecule has 1 aromatic carbocycles. The zero-order valence-electron chi connectivity index (χ0n) is 12.3. The molecule has 11 heteroatoms. The fourth-order valence-corrected chi connectivity index (χ4v) is 2.95. The number of benzene rings is 1. The van der Waals surface area contributed by atoms with Crippen LogP contribution in [0, 0.1) is 0 Å². The van der Waals surface area contributed by atoms with E-state index in [9.17, 15) is 8.78 Å². The van der Waals surface area contributed by atoms with Crippen LogP contribution >= 0.6 is 35.0 Å². The van der Waals surface area contributed by atoms with Crippen molar-refractivity contribution in [2.24, 2.45) is 0 Å². The number of nitrogen functional groups attached to an aromatic ring is 1. The smallest absolute Gasteiger partial charge is 0.297 e. The highest BCUT2D eigenvalue weighted by molar-refractivity contribution is 7.98. The van der Waals surface area contributed by atoms with Gasteiger partial charge in [-0.15, -0.1) is 0 Å². The average molecular weight is 404 g/mol. The Hall–Kier alpha value is -1.97. The van der Waals surface area contributed by atoms with Crippen molar-refractivity contribution in [2.75, 3.05) is 5.73 Å². The van der Waals surface area contributed by atoms with Gasteiger partial charge in [0.15, 0.2) is 10.9 Å². The zero-order chi connectivity index (χ0) is 18.0. The number of hydrogen-bond donors (Lipinski definition) is 1. The van der Waals surface area contributed by atoms with Gasteiger partial charge in [-0.1, -0.05) is 35.0 Å². The lowest BCUT2D eigenvalue weighted by molar-refractivity contribution is 0.139. The number of rotatable bonds is 5. The van der Waals surface area contributed by atoms with Crippen molar-refractivity contribution in [1.82, 2.24) is 19.9 Å². The molecule has 130 valence electrons. The minimum atomic E-state index is -2.83. The monoisotopic (exact) mass is 403 g/mol. The van der Waals surface area contributed by atoms with Gasteiger partial charge in [0.1, 0.15) is 0 Å². The van der Waals surface area contributed by atoms with Crippen molar-refractivity contribution < 1.29 is 13.2 Å². The summed E-state index contributed by atoms with van der Waals surface area (Å²) in [4.78, 5) is 14.9. The Balaban J connectivity index is 1.75. The fourth-order valence-electron chi connectivity index (χ4n) is 1.86. The Morgan fingerprint density at radius 3 is 2.76 bits per heavy atom. The van der Waals surface area contributed by atoms with Crippen LogP contribution in [-0.4, -0.2) is 19.9 Å². The molecule has 0 spiro atoms. The van der Waals surface area contributed by atoms with Crippen molar-refractivity contribution in [1.29, 1.82) is 0 Å². The van der Waals surface area contributed by atoms with Gasteiger partial charge in [0.25, 0.3) is 6.43 Å². The van der Waals surface area contributed by atoms with Crippen LogP contribution in [0.4, 0.5) is 14.7 Å². The van der Waals surface area contributed by atoms with E-state index in [1.807, 2.05) is 0 Å². The van der Waals surface area contributed by atoms with Crippen molar-refractivity contribution in [3.63, 3.8) is 0 Å². The third kappa shape index (κ3) is 4.36. The minimum Gasteiger partial charge on any atom is -0.440 e. The van der Waals surface area contributed by atoms with Crippen LogP contribution in [0.5, 0.6) is 0 Å². The van der Waals surface area contributed by atoms with Crippen LogP contribution < -0.4 is 5.73 Å². The van der Waals surface area contributed by atoms with E-state index in [4.69, 9.17) is 33.4 Å². The summed E-state index contributed by atoms with van der Waals surface area (Å²) in [5.74, 6) is 0.0465. The fraction of sp³-hybridized carbons (Fsp3) is 0.143. The molecule has 6 nitrogen and oxygen atoms in total. The number of halogens is 4. The zero-order valence-corrected chi connectivity index (χ0v) is 14.6. The quantitative estimate of drug-likeness (QED) is 0.619. The third-order valence-electron chi connectivity index (χ3n) is 2.92. The summed E-state index contributed by atoms with van der Waals surface area (Å²) in [6.07, 6.45) is -1.33. The molecule has 0 unspecified atom stereocenters. The number of alkyl halides is 2. The molecule has 0 aliphatic heterocycles. The van der Waals surface area contributed by atoms with Gasteiger partial charge in [-0.3, -0.25) is 0 Å². The summed E-state index contributed by atoms with van der Waals surface area (Å²) in [6, 6.07) is 4.96. The summed E-state index contributed by atoms with van der Waals surface area (Å²) >= 11 is 13.1. The first kappa shape index (κ1) is 17.8. The first-order chi connectivity index (χ1) is 11.9. The van der Waals surface area contributed by atoms with Gasteiger partial charge in [-0.05, 0) is 18.2 Å². The Kier molecular flexibility index (Phi) is 5.36. The molecule has 25 heavy (non-hydrogen) atoms. The molecule has 0 atom stereocenters. The van der Waals surface area contributed by atoms with E-state index in [-0.39, 0.29) is 16.9 Å². The van der Waals surface area contributed by atoms with Crippen molar-refractivity contribution >= 4 is 40.9 Å². The van der Waals surface area contributed by atoms with E-state index < -0.39 is 12.2 Å². The second-order valence-corrected chi connectivity index (χ2v) is 6.45. The summed E-state index contributed by atoms with van der Waals surface area (Å²) < 4.78 is 31.0. The van der Waals surface area contributed by atoms with Crippen LogP contribution in [0.1, 0.15) is 18.1 Å². The molecule has 0 radical (unpaired) electrons. The second kappa shape index (κ2) is 7.51. The predicted octanol–water partition coefficient (Wildman–Crippen LogP) is 4.65. The van der Waals surface area contributed by atoms with E-state index in [1.54, 1.807) is 18.2 Å². The van der Waals surface area contributed by atoms with Crippen molar-refractivity contribution in [3.05, 3.63) is 46.2 Å². The number of hydrogen-bond acceptors (Lipinski definition) is 7. The molecule has 3 rings (SSSR count).